The number of benzene rings is 1. The van der Waals surface area contributed by atoms with Gasteiger partial charge in [-0.1, -0.05) is 49.2 Å². The van der Waals surface area contributed by atoms with Crippen LogP contribution in [0.3, 0.4) is 0 Å². The van der Waals surface area contributed by atoms with E-state index >= 15 is 0 Å². The summed E-state index contributed by atoms with van der Waals surface area (Å²) >= 11 is 3.31. The maximum atomic E-state index is 12.5. The second-order valence-electron chi connectivity index (χ2n) is 4.43. The molecule has 5 heteroatoms. The summed E-state index contributed by atoms with van der Waals surface area (Å²) in [5, 5.41) is 0. The van der Waals surface area contributed by atoms with Gasteiger partial charge in [-0.15, -0.1) is 0 Å². The highest BCUT2D eigenvalue weighted by Gasteiger charge is 2.24. The van der Waals surface area contributed by atoms with E-state index in [0.717, 1.165) is 10.9 Å². The van der Waals surface area contributed by atoms with Crippen molar-refractivity contribution in [2.75, 3.05) is 13.1 Å². The van der Waals surface area contributed by atoms with Crippen LogP contribution in [-0.2, 0) is 10.0 Å². The fourth-order valence-electron chi connectivity index (χ4n) is 1.65. The summed E-state index contributed by atoms with van der Waals surface area (Å²) in [5.41, 5.74) is 0. The van der Waals surface area contributed by atoms with Crippen LogP contribution in [0.15, 0.2) is 33.6 Å². The predicted octanol–water partition coefficient (Wildman–Crippen LogP) is 3.51. The van der Waals surface area contributed by atoms with E-state index in [1.54, 1.807) is 22.5 Å². The van der Waals surface area contributed by atoms with Gasteiger partial charge >= 0.3 is 0 Å². The van der Waals surface area contributed by atoms with Crippen LogP contribution in [0.1, 0.15) is 27.2 Å². The molecule has 0 spiro atoms. The third-order valence-corrected chi connectivity index (χ3v) is 5.43. The van der Waals surface area contributed by atoms with Gasteiger partial charge in [-0.25, -0.2) is 8.42 Å². The molecule has 1 unspecified atom stereocenters. The minimum Gasteiger partial charge on any atom is -0.207 e. The summed E-state index contributed by atoms with van der Waals surface area (Å²) in [6.45, 7) is 7.09. The zero-order chi connectivity index (χ0) is 13.8. The SMILES string of the molecule is CCC(C)CN(CC)S(=O)(=O)c1cccc(Br)c1. The summed E-state index contributed by atoms with van der Waals surface area (Å²) in [7, 11) is -3.38. The lowest BCUT2D eigenvalue weighted by Gasteiger charge is -2.23. The van der Waals surface area contributed by atoms with Crippen LogP contribution in [0.2, 0.25) is 0 Å². The molecule has 0 fully saturated rings. The molecule has 1 aromatic carbocycles. The lowest BCUT2D eigenvalue weighted by atomic mass is 10.1. The van der Waals surface area contributed by atoms with Gasteiger partial charge in [-0.05, 0) is 24.1 Å². The monoisotopic (exact) mass is 333 g/mol. The molecule has 1 rings (SSSR count). The molecule has 0 aliphatic carbocycles. The molecule has 0 amide bonds. The van der Waals surface area contributed by atoms with Crippen molar-refractivity contribution in [3.63, 3.8) is 0 Å². The van der Waals surface area contributed by atoms with E-state index in [9.17, 15) is 8.42 Å². The first-order chi connectivity index (χ1) is 8.41. The Labute approximate surface area is 118 Å². The average Bonchev–Trinajstić information content (AvgIpc) is 2.35. The second-order valence-corrected chi connectivity index (χ2v) is 7.28. The van der Waals surface area contributed by atoms with Crippen LogP contribution < -0.4 is 0 Å². The fraction of sp³-hybridized carbons (Fsp3) is 0.538. The Morgan fingerprint density at radius 3 is 2.50 bits per heavy atom. The first-order valence-corrected chi connectivity index (χ1v) is 8.40. The summed E-state index contributed by atoms with van der Waals surface area (Å²) in [5.74, 6) is 0.367. The molecule has 0 aliphatic rings. The smallest absolute Gasteiger partial charge is 0.207 e. The van der Waals surface area contributed by atoms with Crippen LogP contribution >= 0.6 is 15.9 Å². The molecule has 102 valence electrons. The lowest BCUT2D eigenvalue weighted by Crippen LogP contribution is -2.34. The lowest BCUT2D eigenvalue weighted by molar-refractivity contribution is 0.361. The van der Waals surface area contributed by atoms with Gasteiger partial charge in [-0.2, -0.15) is 4.31 Å². The van der Waals surface area contributed by atoms with Crippen LogP contribution in [0.25, 0.3) is 0 Å². The van der Waals surface area contributed by atoms with Crippen molar-refractivity contribution >= 4 is 26.0 Å². The van der Waals surface area contributed by atoms with E-state index in [2.05, 4.69) is 29.8 Å². The third-order valence-electron chi connectivity index (χ3n) is 3.00. The Kier molecular flexibility index (Phi) is 5.82. The van der Waals surface area contributed by atoms with Gasteiger partial charge in [0.15, 0.2) is 0 Å². The molecular weight excluding hydrogens is 314 g/mol. The zero-order valence-electron chi connectivity index (χ0n) is 11.1. The van der Waals surface area contributed by atoms with Crippen molar-refractivity contribution < 1.29 is 8.42 Å². The van der Waals surface area contributed by atoms with Crippen LogP contribution in [-0.4, -0.2) is 25.8 Å². The van der Waals surface area contributed by atoms with E-state index in [4.69, 9.17) is 0 Å². The van der Waals surface area contributed by atoms with Crippen molar-refractivity contribution in [1.29, 1.82) is 0 Å². The molecule has 0 N–H and O–H groups in total. The van der Waals surface area contributed by atoms with Crippen molar-refractivity contribution in [1.82, 2.24) is 4.31 Å². The Hall–Kier alpha value is -0.390. The highest BCUT2D eigenvalue weighted by atomic mass is 79.9. The highest BCUT2D eigenvalue weighted by Crippen LogP contribution is 2.21. The number of hydrogen-bond acceptors (Lipinski definition) is 2. The average molecular weight is 334 g/mol. The maximum Gasteiger partial charge on any atom is 0.243 e. The fourth-order valence-corrected chi connectivity index (χ4v) is 3.82. The van der Waals surface area contributed by atoms with Gasteiger partial charge in [0.05, 0.1) is 4.90 Å². The topological polar surface area (TPSA) is 37.4 Å². The van der Waals surface area contributed by atoms with E-state index in [-0.39, 0.29) is 0 Å². The molecule has 0 bridgehead atoms. The van der Waals surface area contributed by atoms with Crippen molar-refractivity contribution in [3.05, 3.63) is 28.7 Å². The van der Waals surface area contributed by atoms with Crippen molar-refractivity contribution in [3.8, 4) is 0 Å². The number of nitrogens with zero attached hydrogens (tertiary/aromatic N) is 1. The number of rotatable bonds is 6. The Morgan fingerprint density at radius 2 is 2.00 bits per heavy atom. The largest absolute Gasteiger partial charge is 0.243 e. The molecule has 1 aromatic rings. The maximum absolute atomic E-state index is 12.5. The molecule has 18 heavy (non-hydrogen) atoms. The highest BCUT2D eigenvalue weighted by molar-refractivity contribution is 9.10. The number of halogens is 1. The van der Waals surface area contributed by atoms with E-state index in [1.807, 2.05) is 13.0 Å². The van der Waals surface area contributed by atoms with Gasteiger partial charge in [-0.3, -0.25) is 0 Å². The van der Waals surface area contributed by atoms with Gasteiger partial charge in [0.25, 0.3) is 0 Å². The standard InChI is InChI=1S/C13H20BrNO2S/c1-4-11(3)10-15(5-2)18(16,17)13-8-6-7-12(14)9-13/h6-9,11H,4-5,10H2,1-3H3. The molecular formula is C13H20BrNO2S. The number of sulfonamides is 1. The van der Waals surface area contributed by atoms with Gasteiger partial charge in [0, 0.05) is 17.6 Å². The molecule has 0 saturated carbocycles. The second kappa shape index (κ2) is 6.68. The molecule has 0 aromatic heterocycles. The Balaban J connectivity index is 3.03. The van der Waals surface area contributed by atoms with Gasteiger partial charge in [0.1, 0.15) is 0 Å². The van der Waals surface area contributed by atoms with Gasteiger partial charge in [0.2, 0.25) is 10.0 Å². The quantitative estimate of drug-likeness (QED) is 0.798. The minimum atomic E-state index is -3.38. The Morgan fingerprint density at radius 1 is 1.33 bits per heavy atom. The molecule has 3 nitrogen and oxygen atoms in total. The van der Waals surface area contributed by atoms with E-state index in [1.165, 1.54) is 0 Å². The van der Waals surface area contributed by atoms with Crippen LogP contribution in [0, 0.1) is 5.92 Å². The van der Waals surface area contributed by atoms with Crippen molar-refractivity contribution in [2.45, 2.75) is 32.1 Å². The molecule has 1 atom stereocenters. The summed E-state index contributed by atoms with van der Waals surface area (Å²) in [4.78, 5) is 0.349. The first kappa shape index (κ1) is 15.7. The summed E-state index contributed by atoms with van der Waals surface area (Å²) in [6.07, 6.45) is 0.977. The summed E-state index contributed by atoms with van der Waals surface area (Å²) < 4.78 is 27.3. The molecule has 0 radical (unpaired) electrons. The van der Waals surface area contributed by atoms with Crippen LogP contribution in [0.4, 0.5) is 0 Å². The predicted molar refractivity (Wildman–Crippen MR) is 78.0 cm³/mol. The summed E-state index contributed by atoms with van der Waals surface area (Å²) in [6, 6.07) is 6.85. The Bertz CT molecular complexity index is 488. The molecule has 0 saturated heterocycles. The molecule has 0 aliphatic heterocycles. The van der Waals surface area contributed by atoms with Gasteiger partial charge < -0.3 is 0 Å². The minimum absolute atomic E-state index is 0.349. The van der Waals surface area contributed by atoms with E-state index < -0.39 is 10.0 Å². The third kappa shape index (κ3) is 3.80. The molecule has 0 heterocycles. The normalized spacial score (nSPS) is 13.8. The van der Waals surface area contributed by atoms with E-state index in [0.29, 0.717) is 23.9 Å². The number of hydrogen-bond donors (Lipinski definition) is 0. The first-order valence-electron chi connectivity index (χ1n) is 6.17. The zero-order valence-corrected chi connectivity index (χ0v) is 13.5. The van der Waals surface area contributed by atoms with Crippen molar-refractivity contribution in [2.24, 2.45) is 5.92 Å². The van der Waals surface area contributed by atoms with Crippen LogP contribution in [0.5, 0.6) is 0 Å².